The summed E-state index contributed by atoms with van der Waals surface area (Å²) in [4.78, 5) is 0. The number of benzene rings is 5. The van der Waals surface area contributed by atoms with E-state index in [4.69, 9.17) is 4.42 Å². The van der Waals surface area contributed by atoms with Gasteiger partial charge in [0.15, 0.2) is 0 Å². The van der Waals surface area contributed by atoms with Crippen LogP contribution >= 0.6 is 15.9 Å². The van der Waals surface area contributed by atoms with E-state index in [2.05, 4.69) is 99.4 Å². The molecule has 35 heavy (non-hydrogen) atoms. The summed E-state index contributed by atoms with van der Waals surface area (Å²) in [6.07, 6.45) is 0. The number of aliphatic hydroxyl groups excluding tert-OH is 1. The second-order valence-electron chi connectivity index (χ2n) is 8.79. The van der Waals surface area contributed by atoms with E-state index in [1.807, 2.05) is 30.3 Å². The zero-order valence-corrected chi connectivity index (χ0v) is 20.2. The van der Waals surface area contributed by atoms with E-state index >= 15 is 0 Å². The zero-order valence-electron chi connectivity index (χ0n) is 18.7. The first-order chi connectivity index (χ1) is 17.2. The summed E-state index contributed by atoms with van der Waals surface area (Å²) < 4.78 is 8.42. The van der Waals surface area contributed by atoms with Gasteiger partial charge in [0.1, 0.15) is 16.2 Å². The monoisotopic (exact) mass is 517 g/mol. The highest BCUT2D eigenvalue weighted by Gasteiger charge is 2.17. The lowest BCUT2D eigenvalue weighted by molar-refractivity contribution is 0.278. The molecule has 0 aliphatic rings. The normalized spacial score (nSPS) is 12.7. The van der Waals surface area contributed by atoms with Crippen molar-refractivity contribution in [3.05, 3.63) is 115 Å². The van der Waals surface area contributed by atoms with Gasteiger partial charge in [-0.3, -0.25) is 0 Å². The van der Waals surface area contributed by atoms with Gasteiger partial charge in [0, 0.05) is 32.8 Å². The van der Waals surface area contributed by atoms with Crippen LogP contribution in [0.15, 0.2) is 114 Å². The number of nitrogens with zero attached hydrogens (tertiary/aromatic N) is 1. The van der Waals surface area contributed by atoms with Crippen molar-refractivity contribution >= 4 is 59.7 Å². The van der Waals surface area contributed by atoms with E-state index in [1.54, 1.807) is 0 Å². The van der Waals surface area contributed by atoms with E-state index in [0.717, 1.165) is 44.2 Å². The van der Waals surface area contributed by atoms with Gasteiger partial charge in [-0.25, -0.2) is 0 Å². The Kier molecular flexibility index (Phi) is 4.59. The predicted molar refractivity (Wildman–Crippen MR) is 147 cm³/mol. The fourth-order valence-electron chi connectivity index (χ4n) is 5.24. The second-order valence-corrected chi connectivity index (χ2v) is 9.66. The second kappa shape index (κ2) is 7.84. The Morgan fingerprint density at radius 1 is 0.629 bits per heavy atom. The summed E-state index contributed by atoms with van der Waals surface area (Å²) in [5.74, 6) is 0. The van der Waals surface area contributed by atoms with Gasteiger partial charge in [0.05, 0.1) is 11.0 Å². The van der Waals surface area contributed by atoms with E-state index in [1.165, 1.54) is 21.9 Å². The highest BCUT2D eigenvalue weighted by molar-refractivity contribution is 9.09. The summed E-state index contributed by atoms with van der Waals surface area (Å²) in [5.41, 5.74) is 8.14. The van der Waals surface area contributed by atoms with Gasteiger partial charge in [-0.2, -0.15) is 0 Å². The molecule has 0 saturated heterocycles. The number of furan rings is 1. The standard InChI is InChI=1S/C31H20BrNO2/c32-31(34)23-10-6-12-29-30(23)25-18-21(14-16-28(25)35-29)33-26-11-5-4-9-22(26)24-17-20(13-15-27(24)33)19-7-2-1-3-8-19/h1-18,31,34H. The first kappa shape index (κ1) is 20.5. The third-order valence-corrected chi connectivity index (χ3v) is 7.30. The summed E-state index contributed by atoms with van der Waals surface area (Å²) in [5, 5.41) is 13.9. The Morgan fingerprint density at radius 2 is 1.43 bits per heavy atom. The molecule has 0 radical (unpaired) electrons. The number of fused-ring (bicyclic) bond motifs is 6. The molecular weight excluding hydrogens is 498 g/mol. The maximum absolute atomic E-state index is 10.3. The fraction of sp³-hybridized carbons (Fsp3) is 0.0323. The Bertz CT molecular complexity index is 1880. The number of rotatable bonds is 3. The third-order valence-electron chi connectivity index (χ3n) is 6.81. The fourth-order valence-corrected chi connectivity index (χ4v) is 5.62. The van der Waals surface area contributed by atoms with Crippen LogP contribution in [0.3, 0.4) is 0 Å². The molecule has 168 valence electrons. The Labute approximate surface area is 210 Å². The number of hydrogen-bond acceptors (Lipinski definition) is 2. The molecule has 0 aliphatic heterocycles. The molecule has 0 saturated carbocycles. The van der Waals surface area contributed by atoms with E-state index in [9.17, 15) is 5.11 Å². The highest BCUT2D eigenvalue weighted by Crippen LogP contribution is 2.39. The molecule has 2 heterocycles. The van der Waals surface area contributed by atoms with Gasteiger partial charge in [-0.05, 0) is 53.6 Å². The third kappa shape index (κ3) is 3.14. The summed E-state index contributed by atoms with van der Waals surface area (Å²) >= 11 is 3.33. The van der Waals surface area contributed by atoms with Crippen LogP contribution in [0.5, 0.6) is 0 Å². The number of alkyl halides is 1. The molecular formula is C31H20BrNO2. The molecule has 7 aromatic rings. The molecule has 0 amide bonds. The van der Waals surface area contributed by atoms with Crippen LogP contribution in [0.25, 0.3) is 60.6 Å². The highest BCUT2D eigenvalue weighted by atomic mass is 79.9. The van der Waals surface area contributed by atoms with Gasteiger partial charge in [0.25, 0.3) is 0 Å². The average Bonchev–Trinajstić information content (AvgIpc) is 3.44. The maximum Gasteiger partial charge on any atom is 0.135 e. The molecule has 0 bridgehead atoms. The molecule has 5 aromatic carbocycles. The van der Waals surface area contributed by atoms with E-state index in [-0.39, 0.29) is 0 Å². The SMILES string of the molecule is OC(Br)c1cccc2oc3ccc(-n4c5ccccc5c5cc(-c6ccccc6)ccc54)cc3c12. The van der Waals surface area contributed by atoms with Crippen LogP contribution in [0.4, 0.5) is 0 Å². The van der Waals surface area contributed by atoms with Crippen LogP contribution in [0.2, 0.25) is 0 Å². The van der Waals surface area contributed by atoms with Crippen molar-refractivity contribution in [1.29, 1.82) is 0 Å². The Hall–Kier alpha value is -3.86. The summed E-state index contributed by atoms with van der Waals surface area (Å²) in [6, 6.07) is 37.8. The van der Waals surface area contributed by atoms with Crippen molar-refractivity contribution in [1.82, 2.24) is 4.57 Å². The Balaban J connectivity index is 1.52. The van der Waals surface area contributed by atoms with Crippen LogP contribution < -0.4 is 0 Å². The minimum Gasteiger partial charge on any atom is -0.456 e. The molecule has 0 fully saturated rings. The minimum absolute atomic E-state index is 0.764. The molecule has 1 atom stereocenters. The van der Waals surface area contributed by atoms with Crippen LogP contribution in [0, 0.1) is 0 Å². The van der Waals surface area contributed by atoms with Crippen molar-refractivity contribution in [2.75, 3.05) is 0 Å². The van der Waals surface area contributed by atoms with Gasteiger partial charge >= 0.3 is 0 Å². The van der Waals surface area contributed by atoms with Crippen LogP contribution in [0.1, 0.15) is 10.6 Å². The molecule has 0 aliphatic carbocycles. The molecule has 4 heteroatoms. The van der Waals surface area contributed by atoms with Crippen molar-refractivity contribution in [3.8, 4) is 16.8 Å². The molecule has 3 nitrogen and oxygen atoms in total. The number of para-hydroxylation sites is 1. The minimum atomic E-state index is -0.764. The molecule has 7 rings (SSSR count). The van der Waals surface area contributed by atoms with Crippen molar-refractivity contribution < 1.29 is 9.52 Å². The molecule has 1 N–H and O–H groups in total. The van der Waals surface area contributed by atoms with Crippen molar-refractivity contribution in [2.24, 2.45) is 0 Å². The number of aliphatic hydroxyl groups is 1. The van der Waals surface area contributed by atoms with E-state index in [0.29, 0.717) is 0 Å². The summed E-state index contributed by atoms with van der Waals surface area (Å²) in [7, 11) is 0. The first-order valence-electron chi connectivity index (χ1n) is 11.6. The topological polar surface area (TPSA) is 38.3 Å². The first-order valence-corrected chi connectivity index (χ1v) is 12.5. The maximum atomic E-state index is 10.3. The number of hydrogen-bond donors (Lipinski definition) is 1. The quantitative estimate of drug-likeness (QED) is 0.238. The van der Waals surface area contributed by atoms with Crippen LogP contribution in [-0.4, -0.2) is 9.67 Å². The van der Waals surface area contributed by atoms with Gasteiger partial charge < -0.3 is 14.1 Å². The van der Waals surface area contributed by atoms with Gasteiger partial charge in [-0.15, -0.1) is 0 Å². The Morgan fingerprint density at radius 3 is 2.29 bits per heavy atom. The van der Waals surface area contributed by atoms with E-state index < -0.39 is 5.01 Å². The van der Waals surface area contributed by atoms with Crippen molar-refractivity contribution in [3.63, 3.8) is 0 Å². The molecule has 1 unspecified atom stereocenters. The van der Waals surface area contributed by atoms with Gasteiger partial charge in [0.2, 0.25) is 0 Å². The van der Waals surface area contributed by atoms with Gasteiger partial charge in [-0.1, -0.05) is 82.7 Å². The smallest absolute Gasteiger partial charge is 0.135 e. The molecule has 2 aromatic heterocycles. The lowest BCUT2D eigenvalue weighted by Crippen LogP contribution is -1.94. The zero-order chi connectivity index (χ0) is 23.5. The predicted octanol–water partition coefficient (Wildman–Crippen LogP) is 8.74. The number of halogens is 1. The summed E-state index contributed by atoms with van der Waals surface area (Å²) in [6.45, 7) is 0. The largest absolute Gasteiger partial charge is 0.456 e. The lowest BCUT2D eigenvalue weighted by atomic mass is 10.0. The average molecular weight is 518 g/mol. The van der Waals surface area contributed by atoms with Crippen molar-refractivity contribution in [2.45, 2.75) is 5.01 Å². The lowest BCUT2D eigenvalue weighted by Gasteiger charge is -2.09. The van der Waals surface area contributed by atoms with Crippen LogP contribution in [-0.2, 0) is 0 Å². The molecule has 0 spiro atoms. The number of aromatic nitrogens is 1.